The van der Waals surface area contributed by atoms with Gasteiger partial charge in [-0.2, -0.15) is 0 Å². The molecular formula is C12H17NO3S. The molecule has 1 amide bonds. The van der Waals surface area contributed by atoms with Crippen LogP contribution < -0.4 is 5.32 Å². The number of nitrogens with one attached hydrogen (secondary N) is 1. The van der Waals surface area contributed by atoms with Crippen LogP contribution in [0.25, 0.3) is 0 Å². The molecule has 1 aromatic carbocycles. The highest BCUT2D eigenvalue weighted by Gasteiger charge is 2.14. The monoisotopic (exact) mass is 255 g/mol. The molecule has 0 saturated heterocycles. The number of hydrogen-bond donors (Lipinski definition) is 1. The maximum Gasteiger partial charge on any atom is 0.239 e. The van der Waals surface area contributed by atoms with E-state index in [1.54, 1.807) is 0 Å². The molecule has 0 atom stereocenters. The van der Waals surface area contributed by atoms with Crippen LogP contribution in [0.15, 0.2) is 18.2 Å². The largest absolute Gasteiger partial charge is 0.325 e. The van der Waals surface area contributed by atoms with Gasteiger partial charge in [-0.15, -0.1) is 0 Å². The van der Waals surface area contributed by atoms with Crippen LogP contribution in [0.2, 0.25) is 0 Å². The van der Waals surface area contributed by atoms with Crippen LogP contribution >= 0.6 is 0 Å². The first-order valence-electron chi connectivity index (χ1n) is 5.41. The third-order valence-corrected chi connectivity index (χ3v) is 4.04. The van der Waals surface area contributed by atoms with Gasteiger partial charge in [-0.05, 0) is 31.0 Å². The van der Waals surface area contributed by atoms with Crippen molar-refractivity contribution in [3.05, 3.63) is 29.3 Å². The molecule has 0 unspecified atom stereocenters. The van der Waals surface area contributed by atoms with Gasteiger partial charge >= 0.3 is 0 Å². The number of rotatable bonds is 4. The Morgan fingerprint density at radius 2 is 1.94 bits per heavy atom. The van der Waals surface area contributed by atoms with Gasteiger partial charge < -0.3 is 5.32 Å². The summed E-state index contributed by atoms with van der Waals surface area (Å²) in [7, 11) is -3.27. The molecule has 5 heteroatoms. The van der Waals surface area contributed by atoms with Gasteiger partial charge in [-0.25, -0.2) is 8.42 Å². The first-order valence-corrected chi connectivity index (χ1v) is 7.23. The quantitative estimate of drug-likeness (QED) is 0.890. The van der Waals surface area contributed by atoms with Crippen molar-refractivity contribution in [1.29, 1.82) is 0 Å². The lowest BCUT2D eigenvalue weighted by atomic mass is 10.1. The number of carbonyl (C=O) groups excluding carboxylic acids is 1. The predicted octanol–water partition coefficient (Wildman–Crippen LogP) is 1.68. The van der Waals surface area contributed by atoms with E-state index in [0.717, 1.165) is 11.1 Å². The lowest BCUT2D eigenvalue weighted by molar-refractivity contribution is -0.113. The SMILES string of the molecule is CCS(=O)(=O)CC(=O)Nc1cc(C)ccc1C. The minimum Gasteiger partial charge on any atom is -0.325 e. The Hall–Kier alpha value is -1.36. The van der Waals surface area contributed by atoms with Crippen LogP contribution in [0.3, 0.4) is 0 Å². The van der Waals surface area contributed by atoms with E-state index in [1.165, 1.54) is 6.92 Å². The first kappa shape index (κ1) is 13.7. The summed E-state index contributed by atoms with van der Waals surface area (Å²) in [5.74, 6) is -0.968. The summed E-state index contributed by atoms with van der Waals surface area (Å²) < 4.78 is 22.6. The van der Waals surface area contributed by atoms with Gasteiger partial charge in [0.15, 0.2) is 9.84 Å². The molecule has 0 aromatic heterocycles. The van der Waals surface area contributed by atoms with Crippen molar-refractivity contribution < 1.29 is 13.2 Å². The molecule has 0 fully saturated rings. The summed E-state index contributed by atoms with van der Waals surface area (Å²) in [4.78, 5) is 11.6. The minimum atomic E-state index is -3.27. The molecule has 1 rings (SSSR count). The summed E-state index contributed by atoms with van der Waals surface area (Å²) in [6, 6.07) is 5.65. The van der Waals surface area contributed by atoms with Crippen molar-refractivity contribution in [2.45, 2.75) is 20.8 Å². The van der Waals surface area contributed by atoms with E-state index in [1.807, 2.05) is 32.0 Å². The van der Waals surface area contributed by atoms with Crippen LogP contribution in [0, 0.1) is 13.8 Å². The fraction of sp³-hybridized carbons (Fsp3) is 0.417. The Morgan fingerprint density at radius 1 is 1.29 bits per heavy atom. The molecule has 0 heterocycles. The Bertz CT molecular complexity index is 521. The highest BCUT2D eigenvalue weighted by atomic mass is 32.2. The van der Waals surface area contributed by atoms with Gasteiger partial charge in [0.05, 0.1) is 0 Å². The lowest BCUT2D eigenvalue weighted by Crippen LogP contribution is -2.24. The molecule has 4 nitrogen and oxygen atoms in total. The van der Waals surface area contributed by atoms with Gasteiger partial charge in [-0.1, -0.05) is 19.1 Å². The highest BCUT2D eigenvalue weighted by Crippen LogP contribution is 2.16. The minimum absolute atomic E-state index is 0.0206. The molecule has 0 spiro atoms. The van der Waals surface area contributed by atoms with Gasteiger partial charge in [0, 0.05) is 11.4 Å². The van der Waals surface area contributed by atoms with Gasteiger partial charge in [0.25, 0.3) is 0 Å². The van der Waals surface area contributed by atoms with Crippen LogP contribution in [0.5, 0.6) is 0 Å². The maximum absolute atomic E-state index is 11.6. The van der Waals surface area contributed by atoms with Gasteiger partial charge in [-0.3, -0.25) is 4.79 Å². The zero-order chi connectivity index (χ0) is 13.1. The fourth-order valence-electron chi connectivity index (χ4n) is 1.36. The Labute approximate surface area is 102 Å². The molecule has 1 N–H and O–H groups in total. The molecule has 1 aromatic rings. The van der Waals surface area contributed by atoms with Crippen molar-refractivity contribution in [2.24, 2.45) is 0 Å². The molecule has 0 bridgehead atoms. The number of anilines is 1. The first-order chi connectivity index (χ1) is 7.84. The van der Waals surface area contributed by atoms with Gasteiger partial charge in [0.2, 0.25) is 5.91 Å². The number of aryl methyl sites for hydroxylation is 2. The number of carbonyl (C=O) groups is 1. The van der Waals surface area contributed by atoms with Crippen molar-refractivity contribution in [1.82, 2.24) is 0 Å². The molecule has 17 heavy (non-hydrogen) atoms. The normalized spacial score (nSPS) is 11.2. The van der Waals surface area contributed by atoms with Crippen molar-refractivity contribution in [3.63, 3.8) is 0 Å². The van der Waals surface area contributed by atoms with E-state index in [2.05, 4.69) is 5.32 Å². The fourth-order valence-corrected chi connectivity index (χ4v) is 2.03. The third-order valence-electron chi connectivity index (χ3n) is 2.46. The second kappa shape index (κ2) is 5.31. The third kappa shape index (κ3) is 4.19. The van der Waals surface area contributed by atoms with Crippen LogP contribution in [-0.4, -0.2) is 25.8 Å². The van der Waals surface area contributed by atoms with Crippen molar-refractivity contribution in [3.8, 4) is 0 Å². The van der Waals surface area contributed by atoms with Crippen molar-refractivity contribution in [2.75, 3.05) is 16.8 Å². The highest BCUT2D eigenvalue weighted by molar-refractivity contribution is 7.92. The molecule has 0 aliphatic carbocycles. The molecule has 0 saturated carbocycles. The molecular weight excluding hydrogens is 238 g/mol. The Morgan fingerprint density at radius 3 is 2.53 bits per heavy atom. The summed E-state index contributed by atoms with van der Waals surface area (Å²) in [6.45, 7) is 5.31. The molecule has 0 aliphatic heterocycles. The summed E-state index contributed by atoms with van der Waals surface area (Å²) in [6.07, 6.45) is 0. The molecule has 0 radical (unpaired) electrons. The van der Waals surface area contributed by atoms with Crippen LogP contribution in [-0.2, 0) is 14.6 Å². The van der Waals surface area contributed by atoms with Crippen LogP contribution in [0.1, 0.15) is 18.1 Å². The number of benzene rings is 1. The summed E-state index contributed by atoms with van der Waals surface area (Å²) in [5.41, 5.74) is 2.60. The van der Waals surface area contributed by atoms with E-state index < -0.39 is 21.5 Å². The Kier molecular flexibility index (Phi) is 4.28. The summed E-state index contributed by atoms with van der Waals surface area (Å²) >= 11 is 0. The molecule has 94 valence electrons. The smallest absolute Gasteiger partial charge is 0.239 e. The number of hydrogen-bond acceptors (Lipinski definition) is 3. The van der Waals surface area contributed by atoms with Crippen LogP contribution in [0.4, 0.5) is 5.69 Å². The van der Waals surface area contributed by atoms with E-state index in [4.69, 9.17) is 0 Å². The van der Waals surface area contributed by atoms with Crippen molar-refractivity contribution >= 4 is 21.4 Å². The average Bonchev–Trinajstić information content (AvgIpc) is 2.23. The maximum atomic E-state index is 11.6. The number of amides is 1. The second-order valence-electron chi connectivity index (χ2n) is 4.04. The average molecular weight is 255 g/mol. The zero-order valence-corrected chi connectivity index (χ0v) is 11.1. The van der Waals surface area contributed by atoms with E-state index in [-0.39, 0.29) is 5.75 Å². The van der Waals surface area contributed by atoms with E-state index >= 15 is 0 Å². The van der Waals surface area contributed by atoms with Gasteiger partial charge in [0.1, 0.15) is 5.75 Å². The Balaban J connectivity index is 2.78. The van der Waals surface area contributed by atoms with E-state index in [0.29, 0.717) is 5.69 Å². The van der Waals surface area contributed by atoms with E-state index in [9.17, 15) is 13.2 Å². The lowest BCUT2D eigenvalue weighted by Gasteiger charge is -2.09. The standard InChI is InChI=1S/C12H17NO3S/c1-4-17(15,16)8-12(14)13-11-7-9(2)5-6-10(11)3/h5-7H,4,8H2,1-3H3,(H,13,14). The topological polar surface area (TPSA) is 63.2 Å². The molecule has 0 aliphatic rings. The predicted molar refractivity (Wildman–Crippen MR) is 68.9 cm³/mol. The zero-order valence-electron chi connectivity index (χ0n) is 10.3. The summed E-state index contributed by atoms with van der Waals surface area (Å²) in [5, 5.41) is 2.62. The second-order valence-corrected chi connectivity index (χ2v) is 6.40. The number of sulfone groups is 1.